The zero-order valence-electron chi connectivity index (χ0n) is 14.7. The molecule has 6 nitrogen and oxygen atoms in total. The molecule has 2 aromatic carbocycles. The lowest BCUT2D eigenvalue weighted by atomic mass is 10.1. The van der Waals surface area contributed by atoms with Crippen LogP contribution < -0.4 is 14.8 Å². The molecule has 140 valence electrons. The van der Waals surface area contributed by atoms with Gasteiger partial charge in [0.25, 0.3) is 0 Å². The minimum Gasteiger partial charge on any atom is -0.497 e. The first-order valence-electron chi connectivity index (χ1n) is 7.96. The average molecular weight is 405 g/mol. The van der Waals surface area contributed by atoms with Crippen LogP contribution in [0.3, 0.4) is 0 Å². The Hall–Kier alpha value is -2.77. The number of ether oxygens (including phenoxy) is 2. The number of hydrogen-bond donors (Lipinski definition) is 2. The summed E-state index contributed by atoms with van der Waals surface area (Å²) in [5, 5.41) is 13.7. The number of rotatable bonds is 7. The van der Waals surface area contributed by atoms with Gasteiger partial charge in [-0.15, -0.1) is 11.3 Å². The highest BCUT2D eigenvalue weighted by molar-refractivity contribution is 7.16. The fraction of sp³-hybridized carbons (Fsp3) is 0.158. The maximum absolute atomic E-state index is 11.3. The number of carboxylic acid groups (broad SMARTS) is 1. The van der Waals surface area contributed by atoms with Crippen LogP contribution in [0.4, 0.5) is 10.8 Å². The van der Waals surface area contributed by atoms with E-state index < -0.39 is 5.97 Å². The van der Waals surface area contributed by atoms with Crippen LogP contribution in [-0.2, 0) is 11.2 Å². The highest BCUT2D eigenvalue weighted by Crippen LogP contribution is 2.39. The predicted octanol–water partition coefficient (Wildman–Crippen LogP) is 4.85. The molecular formula is C19H17ClN2O4S. The van der Waals surface area contributed by atoms with Gasteiger partial charge in [-0.3, -0.25) is 4.79 Å². The number of aliphatic carboxylic acids is 1. The number of hydrogen-bond acceptors (Lipinski definition) is 6. The Balaban J connectivity index is 2.02. The van der Waals surface area contributed by atoms with Crippen LogP contribution in [0, 0.1) is 0 Å². The van der Waals surface area contributed by atoms with Gasteiger partial charge in [0.1, 0.15) is 11.5 Å². The van der Waals surface area contributed by atoms with Crippen LogP contribution in [0.1, 0.15) is 4.88 Å². The van der Waals surface area contributed by atoms with Crippen LogP contribution in [-0.4, -0.2) is 30.3 Å². The molecular weight excluding hydrogens is 388 g/mol. The van der Waals surface area contributed by atoms with Crippen LogP contribution in [0.5, 0.6) is 11.5 Å². The number of carboxylic acids is 1. The summed E-state index contributed by atoms with van der Waals surface area (Å²) in [5.74, 6) is 0.278. The third-order valence-corrected chi connectivity index (χ3v) is 4.99. The third-order valence-electron chi connectivity index (χ3n) is 3.77. The number of halogens is 1. The summed E-state index contributed by atoms with van der Waals surface area (Å²) < 4.78 is 10.7. The van der Waals surface area contributed by atoms with Gasteiger partial charge in [-0.1, -0.05) is 11.6 Å². The Morgan fingerprint density at radius 3 is 2.56 bits per heavy atom. The monoisotopic (exact) mass is 404 g/mol. The van der Waals surface area contributed by atoms with Gasteiger partial charge in [0.15, 0.2) is 5.13 Å². The van der Waals surface area contributed by atoms with Gasteiger partial charge >= 0.3 is 5.97 Å². The van der Waals surface area contributed by atoms with E-state index in [0.717, 1.165) is 5.69 Å². The Morgan fingerprint density at radius 2 is 1.93 bits per heavy atom. The Kier molecular flexibility index (Phi) is 5.83. The molecule has 1 heterocycles. The zero-order chi connectivity index (χ0) is 19.4. The quantitative estimate of drug-likeness (QED) is 0.585. The summed E-state index contributed by atoms with van der Waals surface area (Å²) >= 11 is 7.20. The number of carbonyl (C=O) groups is 1. The van der Waals surface area contributed by atoms with E-state index in [4.69, 9.17) is 21.1 Å². The average Bonchev–Trinajstić information content (AvgIpc) is 3.04. The normalized spacial score (nSPS) is 10.5. The SMILES string of the molecule is COc1ccc(-c2nc(Nc3ccc(Cl)cc3)sc2CC(=O)O)c(OC)c1. The number of nitrogens with zero attached hydrogens (tertiary/aromatic N) is 1. The van der Waals surface area contributed by atoms with Gasteiger partial charge in [0, 0.05) is 27.2 Å². The van der Waals surface area contributed by atoms with E-state index in [1.807, 2.05) is 18.2 Å². The second-order valence-corrected chi connectivity index (χ2v) is 7.08. The highest BCUT2D eigenvalue weighted by Gasteiger charge is 2.19. The first-order valence-corrected chi connectivity index (χ1v) is 9.16. The fourth-order valence-electron chi connectivity index (χ4n) is 2.52. The van der Waals surface area contributed by atoms with Crippen molar-refractivity contribution in [2.24, 2.45) is 0 Å². The van der Waals surface area contributed by atoms with Gasteiger partial charge in [-0.25, -0.2) is 4.98 Å². The smallest absolute Gasteiger partial charge is 0.308 e. The van der Waals surface area contributed by atoms with E-state index in [2.05, 4.69) is 10.3 Å². The minimum atomic E-state index is -0.926. The lowest BCUT2D eigenvalue weighted by Crippen LogP contribution is -2.00. The van der Waals surface area contributed by atoms with Gasteiger partial charge < -0.3 is 19.9 Å². The van der Waals surface area contributed by atoms with Crippen LogP contribution in [0.25, 0.3) is 11.3 Å². The first kappa shape index (κ1) is 19.0. The molecule has 0 atom stereocenters. The maximum Gasteiger partial charge on any atom is 0.308 e. The van der Waals surface area contributed by atoms with Crippen molar-refractivity contribution < 1.29 is 19.4 Å². The summed E-state index contributed by atoms with van der Waals surface area (Å²) in [6, 6.07) is 12.5. The van der Waals surface area contributed by atoms with E-state index in [1.54, 1.807) is 38.5 Å². The van der Waals surface area contributed by atoms with E-state index in [0.29, 0.717) is 37.8 Å². The topological polar surface area (TPSA) is 80.7 Å². The molecule has 0 fully saturated rings. The molecule has 0 amide bonds. The molecule has 0 saturated heterocycles. The van der Waals surface area contributed by atoms with E-state index in [9.17, 15) is 9.90 Å². The van der Waals surface area contributed by atoms with Crippen molar-refractivity contribution >= 4 is 39.7 Å². The molecule has 0 unspecified atom stereocenters. The minimum absolute atomic E-state index is 0.134. The van der Waals surface area contributed by atoms with Gasteiger partial charge in [0.05, 0.1) is 26.3 Å². The summed E-state index contributed by atoms with van der Waals surface area (Å²) in [6.45, 7) is 0. The molecule has 0 saturated carbocycles. The third kappa shape index (κ3) is 4.50. The second-order valence-electron chi connectivity index (χ2n) is 5.56. The second kappa shape index (κ2) is 8.28. The number of benzene rings is 2. The summed E-state index contributed by atoms with van der Waals surface area (Å²) in [6.07, 6.45) is -0.134. The number of methoxy groups -OCH3 is 2. The zero-order valence-corrected chi connectivity index (χ0v) is 16.2. The van der Waals surface area contributed by atoms with Crippen molar-refractivity contribution in [3.05, 3.63) is 52.4 Å². The van der Waals surface area contributed by atoms with Crippen molar-refractivity contribution in [3.8, 4) is 22.8 Å². The summed E-state index contributed by atoms with van der Waals surface area (Å²) in [4.78, 5) is 16.5. The number of anilines is 2. The molecule has 1 aromatic heterocycles. The summed E-state index contributed by atoms with van der Waals surface area (Å²) in [7, 11) is 3.12. The molecule has 0 aliphatic carbocycles. The lowest BCUT2D eigenvalue weighted by molar-refractivity contribution is -0.136. The van der Waals surface area contributed by atoms with E-state index in [1.165, 1.54) is 11.3 Å². The van der Waals surface area contributed by atoms with Crippen LogP contribution >= 0.6 is 22.9 Å². The maximum atomic E-state index is 11.3. The largest absolute Gasteiger partial charge is 0.497 e. The molecule has 3 rings (SSSR count). The molecule has 8 heteroatoms. The lowest BCUT2D eigenvalue weighted by Gasteiger charge is -2.09. The molecule has 0 aliphatic heterocycles. The van der Waals surface area contributed by atoms with E-state index in [-0.39, 0.29) is 6.42 Å². The molecule has 0 aliphatic rings. The highest BCUT2D eigenvalue weighted by atomic mass is 35.5. The Bertz CT molecular complexity index is 957. The first-order chi connectivity index (χ1) is 13.0. The fourth-order valence-corrected chi connectivity index (χ4v) is 3.64. The van der Waals surface area contributed by atoms with Crippen molar-refractivity contribution in [1.29, 1.82) is 0 Å². The van der Waals surface area contributed by atoms with Crippen molar-refractivity contribution in [1.82, 2.24) is 4.98 Å². The molecule has 3 aromatic rings. The van der Waals surface area contributed by atoms with Crippen LogP contribution in [0.2, 0.25) is 5.02 Å². The summed E-state index contributed by atoms with van der Waals surface area (Å²) in [5.41, 5.74) is 2.08. The predicted molar refractivity (Wildman–Crippen MR) is 107 cm³/mol. The van der Waals surface area contributed by atoms with Crippen molar-refractivity contribution in [2.75, 3.05) is 19.5 Å². The Labute approximate surface area is 165 Å². The standard InChI is InChI=1S/C19H17ClN2O4S/c1-25-13-7-8-14(15(9-13)26-2)18-16(10-17(23)24)27-19(22-18)21-12-5-3-11(20)4-6-12/h3-9H,10H2,1-2H3,(H,21,22)(H,23,24). The number of thiazole rings is 1. The molecule has 27 heavy (non-hydrogen) atoms. The van der Waals surface area contributed by atoms with Gasteiger partial charge in [-0.2, -0.15) is 0 Å². The van der Waals surface area contributed by atoms with Crippen LogP contribution in [0.15, 0.2) is 42.5 Å². The molecule has 0 radical (unpaired) electrons. The number of nitrogens with one attached hydrogen (secondary N) is 1. The molecule has 0 bridgehead atoms. The number of aromatic nitrogens is 1. The van der Waals surface area contributed by atoms with Crippen molar-refractivity contribution in [2.45, 2.75) is 6.42 Å². The molecule has 2 N–H and O–H groups in total. The van der Waals surface area contributed by atoms with Gasteiger partial charge in [0.2, 0.25) is 0 Å². The van der Waals surface area contributed by atoms with Crippen molar-refractivity contribution in [3.63, 3.8) is 0 Å². The molecule has 0 spiro atoms. The van der Waals surface area contributed by atoms with Gasteiger partial charge in [-0.05, 0) is 36.4 Å². The Morgan fingerprint density at radius 1 is 1.19 bits per heavy atom. The van der Waals surface area contributed by atoms with E-state index >= 15 is 0 Å².